The second kappa shape index (κ2) is 9.00. The lowest BCUT2D eigenvalue weighted by molar-refractivity contribution is -0.116. The highest BCUT2D eigenvalue weighted by molar-refractivity contribution is 5.90. The minimum atomic E-state index is -0.290. The lowest BCUT2D eigenvalue weighted by atomic mass is 10.2. The van der Waals surface area contributed by atoms with E-state index in [4.69, 9.17) is 0 Å². The Hall–Kier alpha value is -1.13. The largest absolute Gasteiger partial charge is 0.326 e. The Morgan fingerprint density at radius 2 is 1.95 bits per heavy atom. The standard InChI is InChI=1S/C16H23FN2O.ClH/c1-2-10-19(12-13-3-4-13)11-9-16(20)18-15-7-5-14(17)6-8-15;/h5-8,13H,2-4,9-12H2,1H3,(H,18,20);1H. The molecule has 1 aromatic carbocycles. The van der Waals surface area contributed by atoms with Crippen molar-refractivity contribution in [2.75, 3.05) is 25.0 Å². The van der Waals surface area contributed by atoms with Crippen LogP contribution in [0.25, 0.3) is 0 Å². The highest BCUT2D eigenvalue weighted by Crippen LogP contribution is 2.29. The quantitative estimate of drug-likeness (QED) is 0.793. The molecule has 0 unspecified atom stereocenters. The zero-order valence-corrected chi connectivity index (χ0v) is 13.3. The molecule has 1 fully saturated rings. The van der Waals surface area contributed by atoms with Crippen LogP contribution in [-0.4, -0.2) is 30.4 Å². The molecule has 0 saturated heterocycles. The van der Waals surface area contributed by atoms with Gasteiger partial charge >= 0.3 is 0 Å². The van der Waals surface area contributed by atoms with Crippen LogP contribution < -0.4 is 5.32 Å². The average Bonchev–Trinajstić information content (AvgIpc) is 3.23. The van der Waals surface area contributed by atoms with Crippen molar-refractivity contribution in [1.82, 2.24) is 4.90 Å². The van der Waals surface area contributed by atoms with E-state index in [1.165, 1.54) is 25.0 Å². The molecule has 0 heterocycles. The van der Waals surface area contributed by atoms with Gasteiger partial charge in [-0.3, -0.25) is 4.79 Å². The second-order valence-electron chi connectivity index (χ2n) is 5.55. The highest BCUT2D eigenvalue weighted by atomic mass is 35.5. The van der Waals surface area contributed by atoms with E-state index in [1.54, 1.807) is 12.1 Å². The van der Waals surface area contributed by atoms with Gasteiger partial charge in [-0.15, -0.1) is 12.4 Å². The molecule has 1 aliphatic carbocycles. The molecule has 1 amide bonds. The molecule has 3 nitrogen and oxygen atoms in total. The lowest BCUT2D eigenvalue weighted by Gasteiger charge is -2.21. The average molecular weight is 315 g/mol. The van der Waals surface area contributed by atoms with Crippen LogP contribution in [0.5, 0.6) is 0 Å². The van der Waals surface area contributed by atoms with Crippen molar-refractivity contribution < 1.29 is 9.18 Å². The van der Waals surface area contributed by atoms with E-state index in [-0.39, 0.29) is 24.1 Å². The van der Waals surface area contributed by atoms with Gasteiger partial charge in [-0.05, 0) is 56.0 Å². The molecular formula is C16H24ClFN2O. The third kappa shape index (κ3) is 6.91. The fourth-order valence-corrected chi connectivity index (χ4v) is 2.29. The summed E-state index contributed by atoms with van der Waals surface area (Å²) in [5, 5.41) is 2.80. The fourth-order valence-electron chi connectivity index (χ4n) is 2.29. The molecule has 1 aromatic rings. The molecule has 2 rings (SSSR count). The molecular weight excluding hydrogens is 291 g/mol. The van der Waals surface area contributed by atoms with Crippen molar-refractivity contribution in [1.29, 1.82) is 0 Å². The summed E-state index contributed by atoms with van der Waals surface area (Å²) in [5.74, 6) is 0.553. The molecule has 21 heavy (non-hydrogen) atoms. The van der Waals surface area contributed by atoms with Crippen LogP contribution in [0.2, 0.25) is 0 Å². The summed E-state index contributed by atoms with van der Waals surface area (Å²) in [6.45, 7) is 5.15. The van der Waals surface area contributed by atoms with Gasteiger partial charge in [0.15, 0.2) is 0 Å². The van der Waals surface area contributed by atoms with Crippen molar-refractivity contribution in [2.45, 2.75) is 32.6 Å². The number of nitrogens with one attached hydrogen (secondary N) is 1. The molecule has 1 aliphatic rings. The van der Waals surface area contributed by atoms with E-state index in [9.17, 15) is 9.18 Å². The van der Waals surface area contributed by atoms with Crippen molar-refractivity contribution >= 4 is 24.0 Å². The first-order chi connectivity index (χ1) is 9.67. The molecule has 118 valence electrons. The van der Waals surface area contributed by atoms with Crippen molar-refractivity contribution in [3.63, 3.8) is 0 Å². The molecule has 0 aromatic heterocycles. The maximum Gasteiger partial charge on any atom is 0.225 e. The van der Waals surface area contributed by atoms with Crippen LogP contribution in [0.4, 0.5) is 10.1 Å². The van der Waals surface area contributed by atoms with Gasteiger partial charge in [0.05, 0.1) is 0 Å². The number of amides is 1. The number of anilines is 1. The maximum absolute atomic E-state index is 12.8. The van der Waals surface area contributed by atoms with Gasteiger partial charge < -0.3 is 10.2 Å². The zero-order valence-electron chi connectivity index (χ0n) is 12.5. The molecule has 0 aliphatic heterocycles. The Morgan fingerprint density at radius 3 is 2.52 bits per heavy atom. The maximum atomic E-state index is 12.8. The molecule has 0 bridgehead atoms. The number of halogens is 2. The monoisotopic (exact) mass is 314 g/mol. The fraction of sp³-hybridized carbons (Fsp3) is 0.562. The van der Waals surface area contributed by atoms with E-state index in [0.717, 1.165) is 32.0 Å². The van der Waals surface area contributed by atoms with Gasteiger partial charge in [0.2, 0.25) is 5.91 Å². The van der Waals surface area contributed by atoms with Crippen LogP contribution in [0.15, 0.2) is 24.3 Å². The third-order valence-corrected chi connectivity index (χ3v) is 3.54. The van der Waals surface area contributed by atoms with Crippen LogP contribution >= 0.6 is 12.4 Å². The van der Waals surface area contributed by atoms with E-state index < -0.39 is 0 Å². The second-order valence-corrected chi connectivity index (χ2v) is 5.55. The van der Waals surface area contributed by atoms with Gasteiger partial charge in [-0.1, -0.05) is 6.92 Å². The number of carbonyl (C=O) groups excluding carboxylic acids is 1. The molecule has 0 spiro atoms. The summed E-state index contributed by atoms with van der Waals surface area (Å²) >= 11 is 0. The van der Waals surface area contributed by atoms with Crippen LogP contribution in [-0.2, 0) is 4.79 Å². The molecule has 5 heteroatoms. The molecule has 0 atom stereocenters. The number of hydrogen-bond acceptors (Lipinski definition) is 2. The van der Waals surface area contributed by atoms with Gasteiger partial charge in [-0.2, -0.15) is 0 Å². The van der Waals surface area contributed by atoms with E-state index >= 15 is 0 Å². The number of hydrogen-bond donors (Lipinski definition) is 1. The van der Waals surface area contributed by atoms with Crippen molar-refractivity contribution in [3.05, 3.63) is 30.1 Å². The summed E-state index contributed by atoms with van der Waals surface area (Å²) in [5.41, 5.74) is 0.653. The van der Waals surface area contributed by atoms with Crippen LogP contribution in [0, 0.1) is 11.7 Å². The van der Waals surface area contributed by atoms with Crippen molar-refractivity contribution in [3.8, 4) is 0 Å². The predicted octanol–water partition coefficient (Wildman–Crippen LogP) is 3.70. The Morgan fingerprint density at radius 1 is 1.29 bits per heavy atom. The third-order valence-electron chi connectivity index (χ3n) is 3.54. The Balaban J connectivity index is 0.00000220. The Bertz CT molecular complexity index is 434. The van der Waals surface area contributed by atoms with Crippen molar-refractivity contribution in [2.24, 2.45) is 5.92 Å². The smallest absolute Gasteiger partial charge is 0.225 e. The SMILES string of the molecule is CCCN(CCC(=O)Nc1ccc(F)cc1)CC1CC1.Cl. The molecule has 0 radical (unpaired) electrons. The normalized spacial score (nSPS) is 13.9. The first-order valence-corrected chi connectivity index (χ1v) is 7.45. The van der Waals surface area contributed by atoms with Gasteiger partial charge in [-0.25, -0.2) is 4.39 Å². The van der Waals surface area contributed by atoms with Gasteiger partial charge in [0, 0.05) is 25.2 Å². The van der Waals surface area contributed by atoms with Gasteiger partial charge in [0.1, 0.15) is 5.82 Å². The summed E-state index contributed by atoms with van der Waals surface area (Å²) in [7, 11) is 0. The summed E-state index contributed by atoms with van der Waals surface area (Å²) in [4.78, 5) is 14.3. The van der Waals surface area contributed by atoms with E-state index in [2.05, 4.69) is 17.1 Å². The first-order valence-electron chi connectivity index (χ1n) is 7.45. The first kappa shape index (κ1) is 17.9. The topological polar surface area (TPSA) is 32.3 Å². The molecule has 1 saturated carbocycles. The number of rotatable bonds is 8. The minimum Gasteiger partial charge on any atom is -0.326 e. The zero-order chi connectivity index (χ0) is 14.4. The Labute approximate surface area is 132 Å². The number of benzene rings is 1. The lowest BCUT2D eigenvalue weighted by Crippen LogP contribution is -2.30. The highest BCUT2D eigenvalue weighted by Gasteiger charge is 2.24. The van der Waals surface area contributed by atoms with E-state index in [1.807, 2.05) is 0 Å². The van der Waals surface area contributed by atoms with Gasteiger partial charge in [0.25, 0.3) is 0 Å². The summed E-state index contributed by atoms with van der Waals surface area (Å²) in [6.07, 6.45) is 4.28. The molecule has 1 N–H and O–H groups in total. The van der Waals surface area contributed by atoms with Crippen LogP contribution in [0.1, 0.15) is 32.6 Å². The number of carbonyl (C=O) groups is 1. The van der Waals surface area contributed by atoms with E-state index in [0.29, 0.717) is 12.1 Å². The summed E-state index contributed by atoms with van der Waals surface area (Å²) in [6, 6.07) is 5.88. The minimum absolute atomic E-state index is 0. The summed E-state index contributed by atoms with van der Waals surface area (Å²) < 4.78 is 12.8. The predicted molar refractivity (Wildman–Crippen MR) is 86.3 cm³/mol. The number of nitrogens with zero attached hydrogens (tertiary/aromatic N) is 1. The Kier molecular flexibility index (Phi) is 7.68. The van der Waals surface area contributed by atoms with Crippen LogP contribution in [0.3, 0.4) is 0 Å².